The smallest absolute Gasteiger partial charge is 0.138 e. The molecule has 4 saturated carbocycles. The summed E-state index contributed by atoms with van der Waals surface area (Å²) in [6, 6.07) is 0. The number of aliphatic hydroxyl groups is 4. The summed E-state index contributed by atoms with van der Waals surface area (Å²) in [5.74, 6) is 2.44. The summed E-state index contributed by atoms with van der Waals surface area (Å²) >= 11 is 0. The topological polar surface area (TPSA) is 107 Å². The van der Waals surface area contributed by atoms with Crippen LogP contribution in [-0.4, -0.2) is 63.3 Å². The van der Waals surface area contributed by atoms with E-state index in [9.17, 15) is 25.2 Å². The molecule has 6 rings (SSSR count). The molecular formula is C35H56O6. The van der Waals surface area contributed by atoms with E-state index < -0.39 is 30.5 Å². The Morgan fingerprint density at radius 1 is 0.805 bits per heavy atom. The van der Waals surface area contributed by atoms with E-state index in [0.717, 1.165) is 51.4 Å². The summed E-state index contributed by atoms with van der Waals surface area (Å²) in [6.07, 6.45) is 8.72. The van der Waals surface area contributed by atoms with Crippen molar-refractivity contribution in [3.63, 3.8) is 0 Å². The third-order valence-corrected chi connectivity index (χ3v) is 14.4. The first-order valence-corrected chi connectivity index (χ1v) is 16.6. The molecule has 1 aliphatic heterocycles. The van der Waals surface area contributed by atoms with E-state index >= 15 is 0 Å². The van der Waals surface area contributed by atoms with Gasteiger partial charge in [0.2, 0.25) is 0 Å². The second-order valence-corrected chi connectivity index (χ2v) is 17.2. The first-order chi connectivity index (χ1) is 19.1. The van der Waals surface area contributed by atoms with Gasteiger partial charge in [0.1, 0.15) is 30.2 Å². The van der Waals surface area contributed by atoms with Crippen LogP contribution >= 0.6 is 0 Å². The lowest BCUT2D eigenvalue weighted by Gasteiger charge is -2.67. The number of hydrogen-bond donors (Lipinski definition) is 4. The maximum absolute atomic E-state index is 13.0. The number of ketones is 1. The normalized spacial score (nSPS) is 52.4. The fourth-order valence-electron chi connectivity index (χ4n) is 11.9. The zero-order valence-electron chi connectivity index (χ0n) is 26.4. The molecule has 6 nitrogen and oxygen atoms in total. The molecule has 4 N–H and O–H groups in total. The quantitative estimate of drug-likeness (QED) is 0.347. The minimum Gasteiger partial charge on any atom is -0.394 e. The molecule has 6 aliphatic rings. The highest BCUT2D eigenvalue weighted by Crippen LogP contribution is 2.72. The molecule has 0 spiro atoms. The van der Waals surface area contributed by atoms with Gasteiger partial charge in [0.15, 0.2) is 0 Å². The molecule has 1 heterocycles. The van der Waals surface area contributed by atoms with Gasteiger partial charge >= 0.3 is 0 Å². The average molecular weight is 573 g/mol. The molecule has 0 radical (unpaired) electrons. The van der Waals surface area contributed by atoms with Crippen molar-refractivity contribution in [2.45, 2.75) is 143 Å². The lowest BCUT2D eigenvalue weighted by Crippen LogP contribution is -2.62. The van der Waals surface area contributed by atoms with E-state index in [1.807, 2.05) is 0 Å². The lowest BCUT2D eigenvalue weighted by atomic mass is 9.37. The van der Waals surface area contributed by atoms with Crippen molar-refractivity contribution in [1.29, 1.82) is 0 Å². The first kappa shape index (κ1) is 30.2. The maximum atomic E-state index is 13.0. The van der Waals surface area contributed by atoms with Crippen molar-refractivity contribution in [3.8, 4) is 0 Å². The summed E-state index contributed by atoms with van der Waals surface area (Å²) in [7, 11) is 0. The number of carbonyl (C=O) groups excluding carboxylic acids is 1. The molecule has 5 fully saturated rings. The molecule has 0 bridgehead atoms. The van der Waals surface area contributed by atoms with Crippen molar-refractivity contribution in [3.05, 3.63) is 11.6 Å². The Morgan fingerprint density at radius 2 is 1.51 bits per heavy atom. The van der Waals surface area contributed by atoms with E-state index in [1.54, 1.807) is 5.57 Å². The predicted molar refractivity (Wildman–Crippen MR) is 158 cm³/mol. The Morgan fingerprint density at radius 3 is 2.22 bits per heavy atom. The molecular weight excluding hydrogens is 516 g/mol. The molecule has 41 heavy (non-hydrogen) atoms. The van der Waals surface area contributed by atoms with Gasteiger partial charge in [-0.25, -0.2) is 0 Å². The highest BCUT2D eigenvalue weighted by Gasteiger charge is 2.65. The zero-order valence-corrected chi connectivity index (χ0v) is 26.4. The van der Waals surface area contributed by atoms with E-state index in [4.69, 9.17) is 4.74 Å². The molecule has 0 aromatic rings. The molecule has 0 aromatic heterocycles. The van der Waals surface area contributed by atoms with Gasteiger partial charge in [-0.15, -0.1) is 0 Å². The van der Waals surface area contributed by atoms with Crippen molar-refractivity contribution < 1.29 is 30.0 Å². The standard InChI is InChI=1S/C35H56O6/c1-31(2)15-16-35(18-23-28(38)30(40)29(39)24(19-36)41-23)14-9-21-20(22(35)17-31)7-8-26-33(21,5)12-10-25-32(3,4)27(37)11-13-34(25,26)6/h7,21-26,28-30,36,38-40H,8-19H2,1-6H3/t21?,22?,23-,24?,25?,26?,28+,29-,30?,33-,34-,35-/m0/s1. The largest absolute Gasteiger partial charge is 0.394 e. The summed E-state index contributed by atoms with van der Waals surface area (Å²) in [6.45, 7) is 13.9. The fourth-order valence-corrected chi connectivity index (χ4v) is 11.9. The van der Waals surface area contributed by atoms with Gasteiger partial charge in [0.05, 0.1) is 12.7 Å². The van der Waals surface area contributed by atoms with Gasteiger partial charge in [-0.05, 0) is 110 Å². The molecule has 1 saturated heterocycles. The number of fused-ring (bicyclic) bond motifs is 7. The summed E-state index contributed by atoms with van der Waals surface area (Å²) in [4.78, 5) is 13.0. The minimum absolute atomic E-state index is 0.0188. The first-order valence-electron chi connectivity index (χ1n) is 16.6. The molecule has 5 aliphatic carbocycles. The average Bonchev–Trinajstić information content (AvgIpc) is 2.91. The van der Waals surface area contributed by atoms with Gasteiger partial charge in [-0.1, -0.05) is 53.2 Å². The van der Waals surface area contributed by atoms with Crippen molar-refractivity contribution >= 4 is 5.78 Å². The Balaban J connectivity index is 1.34. The van der Waals surface area contributed by atoms with Crippen LogP contribution in [-0.2, 0) is 9.53 Å². The Labute approximate surface area is 247 Å². The summed E-state index contributed by atoms with van der Waals surface area (Å²) < 4.78 is 6.11. The second-order valence-electron chi connectivity index (χ2n) is 17.2. The van der Waals surface area contributed by atoms with Gasteiger partial charge < -0.3 is 25.2 Å². The molecule has 232 valence electrons. The van der Waals surface area contributed by atoms with Crippen LogP contribution in [0.2, 0.25) is 0 Å². The fraction of sp³-hybridized carbons (Fsp3) is 0.914. The van der Waals surface area contributed by atoms with Gasteiger partial charge in [0.25, 0.3) is 0 Å². The van der Waals surface area contributed by atoms with Crippen molar-refractivity contribution in [2.24, 2.45) is 50.7 Å². The highest BCUT2D eigenvalue weighted by molar-refractivity contribution is 5.85. The Kier molecular flexibility index (Phi) is 7.27. The second kappa shape index (κ2) is 9.86. The molecule has 6 unspecified atom stereocenters. The van der Waals surface area contributed by atoms with E-state index in [1.165, 1.54) is 6.42 Å². The number of rotatable bonds is 3. The van der Waals surface area contributed by atoms with Crippen LogP contribution in [0.25, 0.3) is 0 Å². The van der Waals surface area contributed by atoms with Crippen LogP contribution in [0.15, 0.2) is 11.6 Å². The number of allylic oxidation sites excluding steroid dienone is 2. The molecule has 6 heteroatoms. The van der Waals surface area contributed by atoms with Crippen LogP contribution < -0.4 is 0 Å². The van der Waals surface area contributed by atoms with Gasteiger partial charge in [-0.3, -0.25) is 4.79 Å². The van der Waals surface area contributed by atoms with Gasteiger partial charge in [0, 0.05) is 11.8 Å². The van der Waals surface area contributed by atoms with E-state index in [-0.39, 0.29) is 33.7 Å². The lowest BCUT2D eigenvalue weighted by molar-refractivity contribution is -0.240. The number of hydrogen-bond acceptors (Lipinski definition) is 6. The SMILES string of the molecule is CC1(C)CC[C@]2(C[C@@H]3OC(CO)[C@H](O)C(O)[C@@H]3O)CCC3C(=CCC4[C@@]3(C)CCC3C(C)(C)C(=O)CC[C@@]34C)C2C1. The van der Waals surface area contributed by atoms with E-state index in [0.29, 0.717) is 42.3 Å². The zero-order chi connectivity index (χ0) is 29.8. The Bertz CT molecular complexity index is 1080. The van der Waals surface area contributed by atoms with Crippen LogP contribution in [0.4, 0.5) is 0 Å². The highest BCUT2D eigenvalue weighted by atomic mass is 16.5. The van der Waals surface area contributed by atoms with Crippen LogP contribution in [0, 0.1) is 50.7 Å². The molecule has 12 atom stereocenters. The summed E-state index contributed by atoms with van der Waals surface area (Å²) in [5.41, 5.74) is 2.03. The number of ether oxygens (including phenoxy) is 1. The van der Waals surface area contributed by atoms with Crippen LogP contribution in [0.5, 0.6) is 0 Å². The third kappa shape index (κ3) is 4.39. The number of Topliss-reactive ketones (excluding diaryl/α,β-unsaturated/α-hetero) is 1. The summed E-state index contributed by atoms with van der Waals surface area (Å²) in [5, 5.41) is 41.8. The van der Waals surface area contributed by atoms with Crippen LogP contribution in [0.1, 0.15) is 112 Å². The predicted octanol–water partition coefficient (Wildman–Crippen LogP) is 5.20. The maximum Gasteiger partial charge on any atom is 0.138 e. The third-order valence-electron chi connectivity index (χ3n) is 14.4. The molecule has 0 aromatic carbocycles. The minimum atomic E-state index is -1.31. The Hall–Kier alpha value is -0.790. The van der Waals surface area contributed by atoms with E-state index in [2.05, 4.69) is 47.6 Å². The monoisotopic (exact) mass is 572 g/mol. The van der Waals surface area contributed by atoms with Gasteiger partial charge in [-0.2, -0.15) is 0 Å². The van der Waals surface area contributed by atoms with Crippen LogP contribution in [0.3, 0.4) is 0 Å². The number of carbonyl (C=O) groups is 1. The number of aliphatic hydroxyl groups excluding tert-OH is 4. The van der Waals surface area contributed by atoms with Crippen molar-refractivity contribution in [2.75, 3.05) is 6.61 Å². The van der Waals surface area contributed by atoms with Crippen molar-refractivity contribution in [1.82, 2.24) is 0 Å². The molecule has 0 amide bonds.